The minimum absolute atomic E-state index is 0.0861. The zero-order chi connectivity index (χ0) is 26.9. The molecule has 0 aromatic heterocycles. The van der Waals surface area contributed by atoms with Gasteiger partial charge in [0.25, 0.3) is 0 Å². The van der Waals surface area contributed by atoms with Gasteiger partial charge in [0.15, 0.2) is 5.78 Å². The number of fused-ring (bicyclic) bond motifs is 4. The fourth-order valence-electron chi connectivity index (χ4n) is 8.50. The van der Waals surface area contributed by atoms with Crippen LogP contribution in [0.5, 0.6) is 0 Å². The minimum atomic E-state index is -0.929. The Labute approximate surface area is 229 Å². The van der Waals surface area contributed by atoms with Crippen LogP contribution in [-0.4, -0.2) is 29.6 Å². The van der Waals surface area contributed by atoms with E-state index in [9.17, 15) is 9.90 Å². The molecule has 0 spiro atoms. The fraction of sp³-hybridized carbons (Fsp3) is 0.629. The van der Waals surface area contributed by atoms with Gasteiger partial charge >= 0.3 is 0 Å². The van der Waals surface area contributed by atoms with Crippen LogP contribution in [0.3, 0.4) is 0 Å². The second-order valence-electron chi connectivity index (χ2n) is 13.9. The first-order valence-electron chi connectivity index (χ1n) is 15.1. The molecule has 0 aliphatic heterocycles. The zero-order valence-electron chi connectivity index (χ0n) is 24.1. The molecule has 5 aliphatic carbocycles. The lowest BCUT2D eigenvalue weighted by Crippen LogP contribution is -2.51. The van der Waals surface area contributed by atoms with Gasteiger partial charge in [-0.3, -0.25) is 4.79 Å². The van der Waals surface area contributed by atoms with E-state index in [0.717, 1.165) is 51.4 Å². The van der Waals surface area contributed by atoms with Gasteiger partial charge in [0, 0.05) is 41.9 Å². The summed E-state index contributed by atoms with van der Waals surface area (Å²) >= 11 is 0. The predicted octanol–water partition coefficient (Wildman–Crippen LogP) is 7.36. The normalized spacial score (nSPS) is 35.4. The summed E-state index contributed by atoms with van der Waals surface area (Å²) in [7, 11) is 2.16. The summed E-state index contributed by atoms with van der Waals surface area (Å²) in [4.78, 5) is 14.6. The Morgan fingerprint density at radius 3 is 2.39 bits per heavy atom. The number of nitrogens with zero attached hydrogens (tertiary/aromatic N) is 1. The van der Waals surface area contributed by atoms with Crippen molar-refractivity contribution >= 4 is 11.5 Å². The van der Waals surface area contributed by atoms with E-state index in [-0.39, 0.29) is 22.5 Å². The molecule has 1 aromatic rings. The topological polar surface area (TPSA) is 40.5 Å². The van der Waals surface area contributed by atoms with Crippen molar-refractivity contribution in [3.8, 4) is 11.8 Å². The summed E-state index contributed by atoms with van der Waals surface area (Å²) in [5.74, 6) is 8.57. The van der Waals surface area contributed by atoms with Gasteiger partial charge in [-0.2, -0.15) is 0 Å². The first kappa shape index (κ1) is 25.9. The maximum atomic E-state index is 12.3. The second-order valence-corrected chi connectivity index (χ2v) is 13.9. The Balaban J connectivity index is 1.44. The third-order valence-electron chi connectivity index (χ3n) is 11.4. The first-order valence-corrected chi connectivity index (χ1v) is 15.1. The van der Waals surface area contributed by atoms with Gasteiger partial charge < -0.3 is 10.0 Å². The van der Waals surface area contributed by atoms with Gasteiger partial charge in [-0.1, -0.05) is 42.9 Å². The number of aliphatic hydroxyl groups is 1. The summed E-state index contributed by atoms with van der Waals surface area (Å²) in [6, 6.07) is 9.64. The van der Waals surface area contributed by atoms with Gasteiger partial charge in [-0.15, -0.1) is 0 Å². The lowest BCUT2D eigenvalue weighted by molar-refractivity contribution is -0.114. The number of carbonyl (C=O) groups is 1. The highest BCUT2D eigenvalue weighted by molar-refractivity contribution is 5.93. The van der Waals surface area contributed by atoms with E-state index >= 15 is 0 Å². The van der Waals surface area contributed by atoms with Crippen LogP contribution in [0.1, 0.15) is 103 Å². The molecule has 0 saturated heterocycles. The van der Waals surface area contributed by atoms with Crippen molar-refractivity contribution in [3.05, 3.63) is 52.6 Å². The number of benzene rings is 1. The molecule has 5 atom stereocenters. The van der Waals surface area contributed by atoms with Crippen LogP contribution in [0.4, 0.5) is 5.69 Å². The molecular weight excluding hydrogens is 466 g/mol. The lowest BCUT2D eigenvalue weighted by atomic mass is 9.51. The average molecular weight is 512 g/mol. The van der Waals surface area contributed by atoms with Crippen LogP contribution in [0.25, 0.3) is 0 Å². The molecule has 1 N–H and O–H groups in total. The molecule has 3 saturated carbocycles. The largest absolute Gasteiger partial charge is 0.377 e. The minimum Gasteiger partial charge on any atom is -0.377 e. The number of ketones is 1. The van der Waals surface area contributed by atoms with Crippen molar-refractivity contribution in [1.29, 1.82) is 0 Å². The standard InChI is InChI=1S/C35H45NO2/c1-23(2)36(5)26-10-7-24(8-11-26)30-22-34(4)31(15-18-35(34,38)20-19-33(3)16-6-17-33)29-13-9-25-21-27(37)12-14-28(25)32(29)30/h7-8,10-11,21,23,29-31,38H,6,9,12-18,22H2,1-5H3/t29-,30+,31-,34-,35+/m0/s1. The van der Waals surface area contributed by atoms with Crippen molar-refractivity contribution in [3.63, 3.8) is 0 Å². The molecule has 0 bridgehead atoms. The van der Waals surface area contributed by atoms with E-state index < -0.39 is 5.60 Å². The number of anilines is 1. The molecule has 0 unspecified atom stereocenters. The molecule has 0 radical (unpaired) electrons. The third kappa shape index (κ3) is 4.02. The Morgan fingerprint density at radius 2 is 1.74 bits per heavy atom. The Bertz CT molecular complexity index is 1250. The van der Waals surface area contributed by atoms with E-state index in [1.54, 1.807) is 5.57 Å². The molecule has 0 heterocycles. The maximum Gasteiger partial charge on any atom is 0.156 e. The van der Waals surface area contributed by atoms with Gasteiger partial charge in [-0.25, -0.2) is 0 Å². The Hall–Kier alpha value is -2.31. The quantitative estimate of drug-likeness (QED) is 0.431. The molecule has 5 aliphatic rings. The summed E-state index contributed by atoms with van der Waals surface area (Å²) in [5.41, 5.74) is 5.86. The lowest BCUT2D eigenvalue weighted by Gasteiger charge is -2.54. The molecule has 202 valence electrons. The molecule has 0 amide bonds. The van der Waals surface area contributed by atoms with Crippen molar-refractivity contribution in [2.45, 2.75) is 109 Å². The van der Waals surface area contributed by atoms with Crippen molar-refractivity contribution in [1.82, 2.24) is 0 Å². The smallest absolute Gasteiger partial charge is 0.156 e. The van der Waals surface area contributed by atoms with E-state index in [4.69, 9.17) is 0 Å². The highest BCUT2D eigenvalue weighted by Crippen LogP contribution is 2.66. The molecule has 1 aromatic carbocycles. The van der Waals surface area contributed by atoms with E-state index in [2.05, 4.69) is 75.7 Å². The molecular formula is C35H45NO2. The summed E-state index contributed by atoms with van der Waals surface area (Å²) in [6.45, 7) is 9.06. The monoisotopic (exact) mass is 511 g/mol. The highest BCUT2D eigenvalue weighted by atomic mass is 16.3. The van der Waals surface area contributed by atoms with E-state index in [1.165, 1.54) is 28.8 Å². The molecule has 3 heteroatoms. The number of carbonyl (C=O) groups excluding carboxylic acids is 1. The maximum absolute atomic E-state index is 12.3. The number of hydrogen-bond donors (Lipinski definition) is 1. The van der Waals surface area contributed by atoms with Crippen LogP contribution in [0.15, 0.2) is 47.1 Å². The number of hydrogen-bond acceptors (Lipinski definition) is 3. The van der Waals surface area contributed by atoms with Crippen LogP contribution < -0.4 is 4.90 Å². The average Bonchev–Trinajstić information content (AvgIpc) is 3.15. The van der Waals surface area contributed by atoms with Crippen molar-refractivity contribution in [2.75, 3.05) is 11.9 Å². The van der Waals surface area contributed by atoms with Crippen LogP contribution in [-0.2, 0) is 4.79 Å². The molecule has 38 heavy (non-hydrogen) atoms. The van der Waals surface area contributed by atoms with E-state index in [1.807, 2.05) is 6.08 Å². The summed E-state index contributed by atoms with van der Waals surface area (Å²) in [6.07, 6.45) is 11.9. The van der Waals surface area contributed by atoms with Crippen molar-refractivity contribution < 1.29 is 9.90 Å². The SMILES string of the molecule is CC(C)N(C)c1ccc([C@H]2C[C@@]3(C)[C@@H](CC[C@@]3(O)C#CC3(C)CCC3)[C@@H]3CCC4=CC(=O)CCC4=C32)cc1. The first-order chi connectivity index (χ1) is 18.0. The number of allylic oxidation sites excluding steroid dienone is 4. The predicted molar refractivity (Wildman–Crippen MR) is 155 cm³/mol. The molecule has 6 rings (SSSR count). The number of rotatable bonds is 3. The third-order valence-corrected chi connectivity index (χ3v) is 11.4. The summed E-state index contributed by atoms with van der Waals surface area (Å²) in [5, 5.41) is 12.3. The zero-order valence-corrected chi connectivity index (χ0v) is 24.1. The van der Waals surface area contributed by atoms with Crippen LogP contribution in [0.2, 0.25) is 0 Å². The van der Waals surface area contributed by atoms with E-state index in [0.29, 0.717) is 24.3 Å². The van der Waals surface area contributed by atoms with Gasteiger partial charge in [-0.05, 0) is 119 Å². The molecule has 3 nitrogen and oxygen atoms in total. The second kappa shape index (κ2) is 9.12. The Kier molecular flexibility index (Phi) is 6.23. The van der Waals surface area contributed by atoms with Gasteiger partial charge in [0.2, 0.25) is 0 Å². The van der Waals surface area contributed by atoms with Crippen LogP contribution in [0, 0.1) is 34.5 Å². The van der Waals surface area contributed by atoms with Gasteiger partial charge in [0.05, 0.1) is 0 Å². The van der Waals surface area contributed by atoms with Crippen LogP contribution >= 0.6 is 0 Å². The van der Waals surface area contributed by atoms with Crippen molar-refractivity contribution in [2.24, 2.45) is 22.7 Å². The van der Waals surface area contributed by atoms with Gasteiger partial charge in [0.1, 0.15) is 5.60 Å². The summed E-state index contributed by atoms with van der Waals surface area (Å²) < 4.78 is 0. The fourth-order valence-corrected chi connectivity index (χ4v) is 8.50. The molecule has 3 fully saturated rings. The highest BCUT2D eigenvalue weighted by Gasteiger charge is 2.62. The Morgan fingerprint density at radius 1 is 1.00 bits per heavy atom.